The molecule has 1 aromatic heterocycles. The number of carboxylic acid groups (broad SMARTS) is 1. The summed E-state index contributed by atoms with van der Waals surface area (Å²) in [4.78, 5) is 18.2. The van der Waals surface area contributed by atoms with Crippen molar-refractivity contribution in [1.29, 1.82) is 0 Å². The van der Waals surface area contributed by atoms with E-state index in [1.807, 2.05) is 13.1 Å². The van der Waals surface area contributed by atoms with Crippen molar-refractivity contribution in [2.24, 2.45) is 11.7 Å². The Morgan fingerprint density at radius 1 is 1.41 bits per heavy atom. The van der Waals surface area contributed by atoms with Gasteiger partial charge < -0.3 is 10.8 Å². The number of rotatable bonds is 3. The van der Waals surface area contributed by atoms with Crippen LogP contribution in [-0.4, -0.2) is 27.1 Å². The fourth-order valence-electron chi connectivity index (χ4n) is 0.887. The highest BCUT2D eigenvalue weighted by atomic mass is 16.4. The maximum atomic E-state index is 10.0. The van der Waals surface area contributed by atoms with Crippen LogP contribution in [0.2, 0.25) is 0 Å². The Kier molecular flexibility index (Phi) is 7.05. The normalized spacial score (nSPS) is 11.6. The predicted molar refractivity (Wildman–Crippen MR) is 66.6 cm³/mol. The second kappa shape index (κ2) is 7.73. The summed E-state index contributed by atoms with van der Waals surface area (Å²) in [7, 11) is 0. The summed E-state index contributed by atoms with van der Waals surface area (Å²) < 4.78 is 0. The van der Waals surface area contributed by atoms with E-state index in [1.165, 1.54) is 0 Å². The van der Waals surface area contributed by atoms with Gasteiger partial charge in [0.15, 0.2) is 0 Å². The van der Waals surface area contributed by atoms with Crippen LogP contribution in [-0.2, 0) is 11.2 Å². The molecule has 0 aliphatic rings. The molecule has 0 spiro atoms. The molecule has 0 unspecified atom stereocenters. The van der Waals surface area contributed by atoms with Crippen molar-refractivity contribution in [1.82, 2.24) is 9.97 Å². The molecule has 0 saturated carbocycles. The van der Waals surface area contributed by atoms with E-state index in [4.69, 9.17) is 10.8 Å². The first-order valence-corrected chi connectivity index (χ1v) is 5.64. The zero-order valence-corrected chi connectivity index (χ0v) is 10.8. The van der Waals surface area contributed by atoms with Crippen LogP contribution in [0, 0.1) is 12.8 Å². The Labute approximate surface area is 102 Å². The summed E-state index contributed by atoms with van der Waals surface area (Å²) in [5.41, 5.74) is 7.19. The number of nitrogens with two attached hydrogens (primary N) is 1. The van der Waals surface area contributed by atoms with Crippen molar-refractivity contribution in [3.05, 3.63) is 23.8 Å². The van der Waals surface area contributed by atoms with Crippen molar-refractivity contribution in [2.45, 2.75) is 40.2 Å². The number of hydrogen-bond donors (Lipinski definition) is 2. The summed E-state index contributed by atoms with van der Waals surface area (Å²) in [6.07, 6.45) is 4.57. The average Bonchev–Trinajstić information content (AvgIpc) is 2.29. The van der Waals surface area contributed by atoms with Crippen LogP contribution in [0.25, 0.3) is 0 Å². The molecular formula is C12H21N3O2. The Morgan fingerprint density at radius 2 is 2.00 bits per heavy atom. The van der Waals surface area contributed by atoms with E-state index in [0.717, 1.165) is 17.8 Å². The first-order valence-electron chi connectivity index (χ1n) is 5.64. The number of aliphatic carboxylic acids is 1. The van der Waals surface area contributed by atoms with E-state index >= 15 is 0 Å². The van der Waals surface area contributed by atoms with E-state index in [0.29, 0.717) is 0 Å². The average molecular weight is 239 g/mol. The second-order valence-electron chi connectivity index (χ2n) is 4.11. The minimum Gasteiger partial charge on any atom is -0.480 e. The lowest BCUT2D eigenvalue weighted by molar-refractivity contribution is -0.139. The van der Waals surface area contributed by atoms with Crippen molar-refractivity contribution in [2.75, 3.05) is 0 Å². The van der Waals surface area contributed by atoms with Gasteiger partial charge in [0.05, 0.1) is 11.4 Å². The Morgan fingerprint density at radius 3 is 2.24 bits per heavy atom. The van der Waals surface area contributed by atoms with Gasteiger partial charge in [0.25, 0.3) is 0 Å². The Hall–Kier alpha value is -1.49. The van der Waals surface area contributed by atoms with E-state index in [-0.39, 0.29) is 5.92 Å². The molecule has 0 saturated heterocycles. The SMILES string of the molecule is CC(C)[C@H](N)C(=O)O.CCc1cnc(C)cn1. The Balaban J connectivity index is 0.000000304. The van der Waals surface area contributed by atoms with E-state index in [1.54, 1.807) is 20.0 Å². The molecular weight excluding hydrogens is 218 g/mol. The zero-order chi connectivity index (χ0) is 13.4. The van der Waals surface area contributed by atoms with Crippen LogP contribution < -0.4 is 5.73 Å². The van der Waals surface area contributed by atoms with Gasteiger partial charge >= 0.3 is 5.97 Å². The topological polar surface area (TPSA) is 89.1 Å². The third-order valence-electron chi connectivity index (χ3n) is 2.20. The molecule has 17 heavy (non-hydrogen) atoms. The van der Waals surface area contributed by atoms with Crippen molar-refractivity contribution < 1.29 is 9.90 Å². The fourth-order valence-corrected chi connectivity index (χ4v) is 0.887. The minimum atomic E-state index is -0.931. The number of carboxylic acids is 1. The van der Waals surface area contributed by atoms with Crippen molar-refractivity contribution >= 4 is 5.97 Å². The second-order valence-corrected chi connectivity index (χ2v) is 4.11. The highest BCUT2D eigenvalue weighted by Crippen LogP contribution is 1.96. The summed E-state index contributed by atoms with van der Waals surface area (Å²) in [6, 6.07) is -0.713. The van der Waals surface area contributed by atoms with E-state index < -0.39 is 12.0 Å². The molecule has 1 rings (SSSR count). The monoisotopic (exact) mass is 239 g/mol. The van der Waals surface area contributed by atoms with Gasteiger partial charge in [-0.25, -0.2) is 0 Å². The summed E-state index contributed by atoms with van der Waals surface area (Å²) in [5.74, 6) is -0.910. The molecule has 0 aliphatic carbocycles. The van der Waals surface area contributed by atoms with Gasteiger partial charge in [0.2, 0.25) is 0 Å². The van der Waals surface area contributed by atoms with Gasteiger partial charge in [-0.05, 0) is 19.3 Å². The number of nitrogens with zero attached hydrogens (tertiary/aromatic N) is 2. The van der Waals surface area contributed by atoms with Crippen LogP contribution in [0.15, 0.2) is 12.4 Å². The van der Waals surface area contributed by atoms with Crippen LogP contribution in [0.3, 0.4) is 0 Å². The largest absolute Gasteiger partial charge is 0.480 e. The summed E-state index contributed by atoms with van der Waals surface area (Å²) in [5, 5.41) is 8.23. The third-order valence-corrected chi connectivity index (χ3v) is 2.20. The van der Waals surface area contributed by atoms with Gasteiger partial charge in [-0.3, -0.25) is 14.8 Å². The Bertz CT molecular complexity index is 336. The van der Waals surface area contributed by atoms with Gasteiger partial charge in [0.1, 0.15) is 6.04 Å². The molecule has 0 amide bonds. The molecule has 1 aromatic rings. The lowest BCUT2D eigenvalue weighted by Crippen LogP contribution is -2.34. The molecule has 0 fully saturated rings. The van der Waals surface area contributed by atoms with Gasteiger partial charge in [-0.1, -0.05) is 20.8 Å². The van der Waals surface area contributed by atoms with Gasteiger partial charge in [-0.15, -0.1) is 0 Å². The molecule has 0 bridgehead atoms. The molecule has 3 N–H and O–H groups in total. The molecule has 5 heteroatoms. The molecule has 96 valence electrons. The van der Waals surface area contributed by atoms with Crippen LogP contribution in [0.4, 0.5) is 0 Å². The molecule has 5 nitrogen and oxygen atoms in total. The molecule has 0 aromatic carbocycles. The van der Waals surface area contributed by atoms with Gasteiger partial charge in [0, 0.05) is 12.4 Å². The van der Waals surface area contributed by atoms with Crippen molar-refractivity contribution in [3.63, 3.8) is 0 Å². The summed E-state index contributed by atoms with van der Waals surface area (Å²) in [6.45, 7) is 7.56. The smallest absolute Gasteiger partial charge is 0.320 e. The fraction of sp³-hybridized carbons (Fsp3) is 0.583. The van der Waals surface area contributed by atoms with Crippen LogP contribution in [0.1, 0.15) is 32.2 Å². The molecule has 1 heterocycles. The maximum Gasteiger partial charge on any atom is 0.320 e. The van der Waals surface area contributed by atoms with Crippen LogP contribution in [0.5, 0.6) is 0 Å². The zero-order valence-electron chi connectivity index (χ0n) is 10.8. The lowest BCUT2D eigenvalue weighted by Gasteiger charge is -2.07. The number of aromatic nitrogens is 2. The lowest BCUT2D eigenvalue weighted by atomic mass is 10.1. The maximum absolute atomic E-state index is 10.0. The highest BCUT2D eigenvalue weighted by Gasteiger charge is 2.14. The molecule has 0 aliphatic heterocycles. The quantitative estimate of drug-likeness (QED) is 0.832. The standard InChI is InChI=1S/C7H10N2.C5H11NO2/c1-3-7-5-8-6(2)4-9-7;1-3(2)4(6)5(7)8/h4-5H,3H2,1-2H3;3-4H,6H2,1-2H3,(H,7,8)/t;4-/m.0/s1. The highest BCUT2D eigenvalue weighted by molar-refractivity contribution is 5.73. The number of aryl methyl sites for hydroxylation is 2. The molecule has 0 radical (unpaired) electrons. The van der Waals surface area contributed by atoms with E-state index in [2.05, 4.69) is 16.9 Å². The predicted octanol–water partition coefficient (Wildman–Crippen LogP) is 1.40. The number of hydrogen-bond acceptors (Lipinski definition) is 4. The minimum absolute atomic E-state index is 0.0208. The van der Waals surface area contributed by atoms with Crippen molar-refractivity contribution in [3.8, 4) is 0 Å². The van der Waals surface area contributed by atoms with Gasteiger partial charge in [-0.2, -0.15) is 0 Å². The third kappa shape index (κ3) is 6.63. The first kappa shape index (κ1) is 15.5. The van der Waals surface area contributed by atoms with E-state index in [9.17, 15) is 4.79 Å². The summed E-state index contributed by atoms with van der Waals surface area (Å²) >= 11 is 0. The number of carbonyl (C=O) groups is 1. The van der Waals surface area contributed by atoms with Crippen LogP contribution >= 0.6 is 0 Å². The molecule has 1 atom stereocenters. The first-order chi connectivity index (χ1) is 7.88.